The van der Waals surface area contributed by atoms with Gasteiger partial charge in [-0.1, -0.05) is 30.3 Å². The van der Waals surface area contributed by atoms with Crippen LogP contribution in [0.1, 0.15) is 39.7 Å². The second kappa shape index (κ2) is 7.90. The van der Waals surface area contributed by atoms with Crippen molar-refractivity contribution in [3.05, 3.63) is 35.9 Å². The van der Waals surface area contributed by atoms with Crippen LogP contribution in [0.25, 0.3) is 0 Å². The SMILES string of the molecule is CC(=O)C[C@H]1CN(Cc2ccccc2)CCN1OC(=O)C(C)(C)C. The smallest absolute Gasteiger partial charge is 0.330 e. The Bertz CT molecular complexity index is 566. The third kappa shape index (κ3) is 5.42. The van der Waals surface area contributed by atoms with Crippen molar-refractivity contribution in [2.75, 3.05) is 19.6 Å². The number of carbonyl (C=O) groups excluding carboxylic acids is 2. The lowest BCUT2D eigenvalue weighted by atomic mass is 9.98. The number of piperazine rings is 1. The van der Waals surface area contributed by atoms with Crippen molar-refractivity contribution in [1.29, 1.82) is 0 Å². The molecule has 24 heavy (non-hydrogen) atoms. The van der Waals surface area contributed by atoms with E-state index in [9.17, 15) is 9.59 Å². The van der Waals surface area contributed by atoms with Gasteiger partial charge in [0.05, 0.1) is 11.5 Å². The van der Waals surface area contributed by atoms with E-state index in [1.807, 2.05) is 39.0 Å². The number of hydroxylamine groups is 2. The molecule has 1 aliphatic rings. The van der Waals surface area contributed by atoms with Crippen LogP contribution >= 0.6 is 0 Å². The second-order valence-corrected chi connectivity index (χ2v) is 7.55. The minimum absolute atomic E-state index is 0.0914. The van der Waals surface area contributed by atoms with E-state index in [1.165, 1.54) is 5.56 Å². The van der Waals surface area contributed by atoms with Crippen LogP contribution in [0.2, 0.25) is 0 Å². The number of benzene rings is 1. The van der Waals surface area contributed by atoms with E-state index in [-0.39, 0.29) is 17.8 Å². The Labute approximate surface area is 144 Å². The molecule has 1 aliphatic heterocycles. The highest BCUT2D eigenvalue weighted by Gasteiger charge is 2.33. The molecule has 0 aromatic heterocycles. The molecule has 1 heterocycles. The molecule has 1 saturated heterocycles. The molecule has 0 saturated carbocycles. The Morgan fingerprint density at radius 2 is 1.83 bits per heavy atom. The fourth-order valence-electron chi connectivity index (χ4n) is 2.75. The van der Waals surface area contributed by atoms with Crippen LogP contribution in [0, 0.1) is 5.41 Å². The zero-order chi connectivity index (χ0) is 17.7. The summed E-state index contributed by atoms with van der Waals surface area (Å²) < 4.78 is 0. The van der Waals surface area contributed by atoms with Crippen LogP contribution in [0.5, 0.6) is 0 Å². The van der Waals surface area contributed by atoms with Gasteiger partial charge < -0.3 is 4.84 Å². The van der Waals surface area contributed by atoms with E-state index < -0.39 is 5.41 Å². The summed E-state index contributed by atoms with van der Waals surface area (Å²) in [6.45, 7) is 10.1. The Hall–Kier alpha value is -1.72. The summed E-state index contributed by atoms with van der Waals surface area (Å²) in [4.78, 5) is 31.7. The summed E-state index contributed by atoms with van der Waals surface area (Å²) in [5.41, 5.74) is 0.696. The van der Waals surface area contributed by atoms with Gasteiger partial charge in [0, 0.05) is 32.6 Å². The van der Waals surface area contributed by atoms with Crippen molar-refractivity contribution in [3.63, 3.8) is 0 Å². The maximum atomic E-state index is 12.2. The summed E-state index contributed by atoms with van der Waals surface area (Å²) in [5.74, 6) is -0.147. The molecule has 132 valence electrons. The minimum atomic E-state index is -0.554. The first-order valence-electron chi connectivity index (χ1n) is 8.50. The number of nitrogens with zero attached hydrogens (tertiary/aromatic N) is 2. The van der Waals surface area contributed by atoms with Crippen LogP contribution in [0.3, 0.4) is 0 Å². The number of ketones is 1. The summed E-state index contributed by atoms with van der Waals surface area (Å²) in [5, 5.41) is 1.70. The molecule has 1 fully saturated rings. The highest BCUT2D eigenvalue weighted by Crippen LogP contribution is 2.21. The van der Waals surface area contributed by atoms with Gasteiger partial charge in [-0.3, -0.25) is 9.69 Å². The molecule has 1 atom stereocenters. The number of hydrogen-bond acceptors (Lipinski definition) is 5. The summed E-state index contributed by atoms with van der Waals surface area (Å²) in [7, 11) is 0. The zero-order valence-corrected chi connectivity index (χ0v) is 15.1. The van der Waals surface area contributed by atoms with Gasteiger partial charge in [0.1, 0.15) is 5.78 Å². The van der Waals surface area contributed by atoms with Gasteiger partial charge in [-0.2, -0.15) is 0 Å². The lowest BCUT2D eigenvalue weighted by molar-refractivity contribution is -0.222. The molecule has 0 aliphatic carbocycles. The zero-order valence-electron chi connectivity index (χ0n) is 15.1. The topological polar surface area (TPSA) is 49.9 Å². The fraction of sp³-hybridized carbons (Fsp3) is 0.579. The highest BCUT2D eigenvalue weighted by atomic mass is 16.7. The third-order valence-corrected chi connectivity index (χ3v) is 4.10. The molecule has 5 nitrogen and oxygen atoms in total. The number of rotatable bonds is 5. The molecule has 0 amide bonds. The summed E-state index contributed by atoms with van der Waals surface area (Å²) >= 11 is 0. The Balaban J connectivity index is 2.01. The van der Waals surface area contributed by atoms with E-state index >= 15 is 0 Å². The van der Waals surface area contributed by atoms with Crippen LogP contribution < -0.4 is 0 Å². The first kappa shape index (κ1) is 18.6. The largest absolute Gasteiger partial charge is 0.367 e. The van der Waals surface area contributed by atoms with Crippen LogP contribution in [0.15, 0.2) is 30.3 Å². The van der Waals surface area contributed by atoms with E-state index in [0.717, 1.165) is 13.1 Å². The molecular formula is C19H28N2O3. The lowest BCUT2D eigenvalue weighted by Crippen LogP contribution is -2.54. The van der Waals surface area contributed by atoms with Crippen LogP contribution in [-0.4, -0.2) is 47.4 Å². The minimum Gasteiger partial charge on any atom is -0.367 e. The monoisotopic (exact) mass is 332 g/mol. The van der Waals surface area contributed by atoms with Gasteiger partial charge in [-0.15, -0.1) is 5.06 Å². The number of carbonyl (C=O) groups is 2. The molecular weight excluding hydrogens is 304 g/mol. The van der Waals surface area contributed by atoms with Crippen molar-refractivity contribution in [3.8, 4) is 0 Å². The molecule has 5 heteroatoms. The standard InChI is InChI=1S/C19H28N2O3/c1-15(22)12-17-14-20(13-16-8-6-5-7-9-16)10-11-21(17)24-18(23)19(2,3)4/h5-9,17H,10-14H2,1-4H3/t17-/m0/s1. The number of Topliss-reactive ketones (excluding diaryl/α,β-unsaturated/α-hetero) is 1. The van der Waals surface area contributed by atoms with Crippen LogP contribution in [0.4, 0.5) is 0 Å². The predicted octanol–water partition coefficient (Wildman–Crippen LogP) is 2.66. The van der Waals surface area contributed by atoms with Crippen molar-refractivity contribution in [1.82, 2.24) is 9.96 Å². The normalized spacial score (nSPS) is 19.9. The maximum absolute atomic E-state index is 12.2. The van der Waals surface area contributed by atoms with Gasteiger partial charge in [0.2, 0.25) is 0 Å². The van der Waals surface area contributed by atoms with E-state index in [2.05, 4.69) is 17.0 Å². The Kier molecular flexibility index (Phi) is 6.13. The highest BCUT2D eigenvalue weighted by molar-refractivity contribution is 5.76. The van der Waals surface area contributed by atoms with Gasteiger partial charge in [-0.05, 0) is 33.3 Å². The first-order valence-corrected chi connectivity index (χ1v) is 8.50. The fourth-order valence-corrected chi connectivity index (χ4v) is 2.75. The molecule has 0 spiro atoms. The molecule has 0 radical (unpaired) electrons. The van der Waals surface area contributed by atoms with Crippen molar-refractivity contribution in [2.45, 2.75) is 46.7 Å². The average molecular weight is 332 g/mol. The summed E-state index contributed by atoms with van der Waals surface area (Å²) in [6, 6.07) is 10.2. The third-order valence-electron chi connectivity index (χ3n) is 4.10. The Morgan fingerprint density at radius 3 is 2.42 bits per heavy atom. The quantitative estimate of drug-likeness (QED) is 0.830. The van der Waals surface area contributed by atoms with E-state index in [1.54, 1.807) is 12.0 Å². The Morgan fingerprint density at radius 1 is 1.17 bits per heavy atom. The number of hydrogen-bond donors (Lipinski definition) is 0. The first-order chi connectivity index (χ1) is 11.3. The van der Waals surface area contributed by atoms with E-state index in [0.29, 0.717) is 19.5 Å². The maximum Gasteiger partial charge on any atom is 0.330 e. The van der Waals surface area contributed by atoms with E-state index in [4.69, 9.17) is 4.84 Å². The molecule has 1 aromatic carbocycles. The summed E-state index contributed by atoms with van der Waals surface area (Å²) in [6.07, 6.45) is 0.392. The lowest BCUT2D eigenvalue weighted by Gasteiger charge is -2.40. The molecule has 0 N–H and O–H groups in total. The van der Waals surface area contributed by atoms with Crippen molar-refractivity contribution >= 4 is 11.8 Å². The van der Waals surface area contributed by atoms with Crippen LogP contribution in [-0.2, 0) is 21.0 Å². The molecule has 1 aromatic rings. The van der Waals surface area contributed by atoms with Crippen molar-refractivity contribution < 1.29 is 14.4 Å². The second-order valence-electron chi connectivity index (χ2n) is 7.55. The molecule has 0 bridgehead atoms. The molecule has 2 rings (SSSR count). The van der Waals surface area contributed by atoms with Gasteiger partial charge in [0.15, 0.2) is 0 Å². The predicted molar refractivity (Wildman–Crippen MR) is 93.1 cm³/mol. The van der Waals surface area contributed by atoms with Crippen molar-refractivity contribution in [2.24, 2.45) is 5.41 Å². The van der Waals surface area contributed by atoms with Gasteiger partial charge in [-0.25, -0.2) is 4.79 Å². The average Bonchev–Trinajstić information content (AvgIpc) is 2.49. The van der Waals surface area contributed by atoms with Gasteiger partial charge in [0.25, 0.3) is 0 Å². The molecule has 0 unspecified atom stereocenters. The van der Waals surface area contributed by atoms with Gasteiger partial charge >= 0.3 is 5.97 Å².